The third-order valence-corrected chi connectivity index (χ3v) is 4.45. The summed E-state index contributed by atoms with van der Waals surface area (Å²) in [6.07, 6.45) is 5.38. The third kappa shape index (κ3) is 4.58. The van der Waals surface area contributed by atoms with Crippen LogP contribution in [0.4, 0.5) is 5.69 Å². The molecule has 1 amide bonds. The summed E-state index contributed by atoms with van der Waals surface area (Å²) >= 11 is 11.4. The van der Waals surface area contributed by atoms with Crippen molar-refractivity contribution in [3.05, 3.63) is 28.3 Å². The maximum Gasteiger partial charge on any atom is 0.241 e. The fourth-order valence-corrected chi connectivity index (χ4v) is 3.33. The van der Waals surface area contributed by atoms with Crippen LogP contribution in [0.3, 0.4) is 0 Å². The zero-order chi connectivity index (χ0) is 16.1. The molecule has 0 bridgehead atoms. The summed E-state index contributed by atoms with van der Waals surface area (Å²) < 4.78 is 0. The minimum absolute atomic E-state index is 0.00979. The van der Waals surface area contributed by atoms with Gasteiger partial charge >= 0.3 is 0 Å². The first kappa shape index (κ1) is 17.0. The van der Waals surface area contributed by atoms with Gasteiger partial charge in [0, 0.05) is 5.92 Å². The number of aryl methyl sites for hydroxylation is 2. The number of hydrogen-bond donors (Lipinski definition) is 3. The van der Waals surface area contributed by atoms with E-state index in [0.29, 0.717) is 10.1 Å². The topological polar surface area (TPSA) is 53.2 Å². The standard InChI is InChI=1S/C16H22ClN3OS/c1-10-8-11(2)14(13(17)9-10)18-16(22)20-19-15(21)12-6-4-3-5-7-12/h8-9,12H,3-7H2,1-2H3,(H,19,21)(H2,18,20,22). The van der Waals surface area contributed by atoms with Crippen molar-refractivity contribution in [2.24, 2.45) is 5.92 Å². The molecule has 6 heteroatoms. The fraction of sp³-hybridized carbons (Fsp3) is 0.500. The number of hydrazine groups is 1. The number of halogens is 1. The van der Waals surface area contributed by atoms with E-state index in [1.54, 1.807) is 0 Å². The van der Waals surface area contributed by atoms with E-state index in [-0.39, 0.29) is 11.8 Å². The second kappa shape index (κ2) is 7.79. The van der Waals surface area contributed by atoms with Crippen LogP contribution in [0.5, 0.6) is 0 Å². The highest BCUT2D eigenvalue weighted by atomic mass is 35.5. The molecule has 0 heterocycles. The van der Waals surface area contributed by atoms with Crippen molar-refractivity contribution in [3.63, 3.8) is 0 Å². The Morgan fingerprint density at radius 1 is 1.18 bits per heavy atom. The van der Waals surface area contributed by atoms with E-state index >= 15 is 0 Å². The van der Waals surface area contributed by atoms with Crippen LogP contribution in [0.15, 0.2) is 12.1 Å². The first-order valence-corrected chi connectivity index (χ1v) is 8.39. The van der Waals surface area contributed by atoms with Gasteiger partial charge in [0.2, 0.25) is 5.91 Å². The van der Waals surface area contributed by atoms with Gasteiger partial charge in [0.15, 0.2) is 5.11 Å². The molecule has 1 aromatic carbocycles. The van der Waals surface area contributed by atoms with Crippen LogP contribution in [0.2, 0.25) is 5.02 Å². The van der Waals surface area contributed by atoms with Gasteiger partial charge in [-0.1, -0.05) is 36.9 Å². The number of hydrogen-bond acceptors (Lipinski definition) is 2. The summed E-state index contributed by atoms with van der Waals surface area (Å²) in [4.78, 5) is 12.0. The highest BCUT2D eigenvalue weighted by molar-refractivity contribution is 7.80. The molecule has 2 rings (SSSR count). The van der Waals surface area contributed by atoms with Gasteiger partial charge < -0.3 is 5.32 Å². The molecule has 22 heavy (non-hydrogen) atoms. The van der Waals surface area contributed by atoms with E-state index in [4.69, 9.17) is 23.8 Å². The van der Waals surface area contributed by atoms with Crippen molar-refractivity contribution in [1.29, 1.82) is 0 Å². The Hall–Kier alpha value is -1.33. The van der Waals surface area contributed by atoms with E-state index in [2.05, 4.69) is 16.2 Å². The van der Waals surface area contributed by atoms with Crippen molar-refractivity contribution in [3.8, 4) is 0 Å². The minimum Gasteiger partial charge on any atom is -0.330 e. The Labute approximate surface area is 142 Å². The zero-order valence-corrected chi connectivity index (χ0v) is 14.5. The summed E-state index contributed by atoms with van der Waals surface area (Å²) in [7, 11) is 0. The lowest BCUT2D eigenvalue weighted by molar-refractivity contribution is -0.126. The van der Waals surface area contributed by atoms with Gasteiger partial charge in [0.1, 0.15) is 0 Å². The van der Waals surface area contributed by atoms with Gasteiger partial charge in [-0.3, -0.25) is 15.6 Å². The van der Waals surface area contributed by atoms with Crippen molar-refractivity contribution >= 4 is 40.5 Å². The van der Waals surface area contributed by atoms with Crippen molar-refractivity contribution in [2.45, 2.75) is 46.0 Å². The molecule has 120 valence electrons. The molecule has 0 unspecified atom stereocenters. The molecule has 0 radical (unpaired) electrons. The molecule has 1 saturated carbocycles. The van der Waals surface area contributed by atoms with Crippen LogP contribution in [-0.4, -0.2) is 11.0 Å². The van der Waals surface area contributed by atoms with Crippen LogP contribution >= 0.6 is 23.8 Å². The molecule has 3 N–H and O–H groups in total. The monoisotopic (exact) mass is 339 g/mol. The molecule has 0 saturated heterocycles. The first-order valence-electron chi connectivity index (χ1n) is 7.61. The predicted molar refractivity (Wildman–Crippen MR) is 95.0 cm³/mol. The molecule has 0 atom stereocenters. The van der Waals surface area contributed by atoms with Crippen molar-refractivity contribution < 1.29 is 4.79 Å². The largest absolute Gasteiger partial charge is 0.330 e. The van der Waals surface area contributed by atoms with E-state index in [9.17, 15) is 4.79 Å². The number of rotatable bonds is 2. The van der Waals surface area contributed by atoms with Crippen LogP contribution in [0.1, 0.15) is 43.2 Å². The third-order valence-electron chi connectivity index (χ3n) is 3.95. The molecule has 4 nitrogen and oxygen atoms in total. The normalized spacial score (nSPS) is 15.2. The maximum absolute atomic E-state index is 12.0. The molecule has 0 aliphatic heterocycles. The average Bonchev–Trinajstić information content (AvgIpc) is 2.49. The molecule has 1 fully saturated rings. The van der Waals surface area contributed by atoms with Gasteiger partial charge in [0.05, 0.1) is 10.7 Å². The smallest absolute Gasteiger partial charge is 0.241 e. The predicted octanol–water partition coefficient (Wildman–Crippen LogP) is 3.85. The highest BCUT2D eigenvalue weighted by Crippen LogP contribution is 2.27. The average molecular weight is 340 g/mol. The van der Waals surface area contributed by atoms with Gasteiger partial charge in [-0.2, -0.15) is 0 Å². The summed E-state index contributed by atoms with van der Waals surface area (Å²) in [5.41, 5.74) is 8.31. The Balaban J connectivity index is 1.87. The summed E-state index contributed by atoms with van der Waals surface area (Å²) in [6, 6.07) is 3.90. The lowest BCUT2D eigenvalue weighted by atomic mass is 9.89. The molecular weight excluding hydrogens is 318 g/mol. The van der Waals surface area contributed by atoms with Gasteiger partial charge in [-0.05, 0) is 56.1 Å². The van der Waals surface area contributed by atoms with Crippen LogP contribution < -0.4 is 16.2 Å². The number of nitrogens with one attached hydrogen (secondary N) is 3. The molecule has 0 spiro atoms. The number of carbonyl (C=O) groups is 1. The summed E-state index contributed by atoms with van der Waals surface area (Å²) in [6.45, 7) is 3.95. The summed E-state index contributed by atoms with van der Waals surface area (Å²) in [5.74, 6) is 0.101. The summed E-state index contributed by atoms with van der Waals surface area (Å²) in [5, 5.41) is 3.98. The highest BCUT2D eigenvalue weighted by Gasteiger charge is 2.21. The van der Waals surface area contributed by atoms with Gasteiger partial charge in [-0.25, -0.2) is 0 Å². The Morgan fingerprint density at radius 2 is 1.86 bits per heavy atom. The lowest BCUT2D eigenvalue weighted by Crippen LogP contribution is -2.46. The fourth-order valence-electron chi connectivity index (χ4n) is 2.80. The quantitative estimate of drug-likeness (QED) is 0.566. The van der Waals surface area contributed by atoms with Crippen molar-refractivity contribution in [2.75, 3.05) is 5.32 Å². The number of carbonyl (C=O) groups excluding carboxylic acids is 1. The van der Waals surface area contributed by atoms with E-state index in [1.165, 1.54) is 6.42 Å². The van der Waals surface area contributed by atoms with E-state index in [0.717, 1.165) is 42.5 Å². The lowest BCUT2D eigenvalue weighted by Gasteiger charge is -2.21. The number of anilines is 1. The molecule has 1 aliphatic carbocycles. The van der Waals surface area contributed by atoms with Gasteiger partial charge in [0.25, 0.3) is 0 Å². The minimum atomic E-state index is 0.00979. The molecule has 1 aliphatic rings. The Morgan fingerprint density at radius 3 is 2.50 bits per heavy atom. The molecular formula is C16H22ClN3OS. The molecule has 0 aromatic heterocycles. The number of amides is 1. The zero-order valence-electron chi connectivity index (χ0n) is 13.0. The second-order valence-corrected chi connectivity index (χ2v) is 6.66. The van der Waals surface area contributed by atoms with Gasteiger partial charge in [-0.15, -0.1) is 0 Å². The van der Waals surface area contributed by atoms with E-state index < -0.39 is 0 Å². The first-order chi connectivity index (χ1) is 10.5. The number of thiocarbonyl (C=S) groups is 1. The van der Waals surface area contributed by atoms with E-state index in [1.807, 2.05) is 26.0 Å². The SMILES string of the molecule is Cc1cc(C)c(NC(=S)NNC(=O)C2CCCCC2)c(Cl)c1. The van der Waals surface area contributed by atoms with Crippen LogP contribution in [0.25, 0.3) is 0 Å². The Bertz CT molecular complexity index is 548. The van der Waals surface area contributed by atoms with Crippen LogP contribution in [-0.2, 0) is 4.79 Å². The number of benzene rings is 1. The second-order valence-electron chi connectivity index (χ2n) is 5.84. The van der Waals surface area contributed by atoms with Crippen LogP contribution in [0, 0.1) is 19.8 Å². The maximum atomic E-state index is 12.0. The molecule has 1 aromatic rings. The Kier molecular flexibility index (Phi) is 6.03. The van der Waals surface area contributed by atoms with Crippen molar-refractivity contribution in [1.82, 2.24) is 10.9 Å².